The van der Waals surface area contributed by atoms with Crippen molar-refractivity contribution < 1.29 is 14.3 Å². The van der Waals surface area contributed by atoms with Crippen LogP contribution < -0.4 is 5.32 Å². The number of benzene rings is 1. The van der Waals surface area contributed by atoms with E-state index in [1.165, 1.54) is 16.9 Å². The molecule has 0 saturated carbocycles. The van der Waals surface area contributed by atoms with Gasteiger partial charge in [0.15, 0.2) is 6.61 Å². The van der Waals surface area contributed by atoms with Crippen LogP contribution >= 0.6 is 11.3 Å². The van der Waals surface area contributed by atoms with Crippen LogP contribution in [-0.4, -0.2) is 23.5 Å². The molecule has 0 saturated heterocycles. The molecule has 0 aliphatic heterocycles. The van der Waals surface area contributed by atoms with Gasteiger partial charge in [-0.25, -0.2) is 9.78 Å². The highest BCUT2D eigenvalue weighted by atomic mass is 32.1. The third kappa shape index (κ3) is 4.64. The van der Waals surface area contributed by atoms with E-state index in [0.29, 0.717) is 16.3 Å². The van der Waals surface area contributed by atoms with E-state index in [2.05, 4.69) is 31.1 Å². The Bertz CT molecular complexity index is 743. The zero-order valence-corrected chi connectivity index (χ0v) is 15.4. The first-order chi connectivity index (χ1) is 11.2. The minimum absolute atomic E-state index is 0.0583. The number of nitrogens with zero attached hydrogens (tertiary/aromatic N) is 1. The number of aryl methyl sites for hydroxylation is 2. The number of amides is 1. The normalized spacial score (nSPS) is 11.2. The van der Waals surface area contributed by atoms with Crippen LogP contribution in [0.3, 0.4) is 0 Å². The summed E-state index contributed by atoms with van der Waals surface area (Å²) in [4.78, 5) is 28.5. The number of anilines is 1. The second-order valence-corrected chi connectivity index (χ2v) is 7.80. The summed E-state index contributed by atoms with van der Waals surface area (Å²) in [5.74, 6) is -0.887. The Balaban J connectivity index is 1.89. The summed E-state index contributed by atoms with van der Waals surface area (Å²) in [6.45, 7) is 9.63. The van der Waals surface area contributed by atoms with Crippen molar-refractivity contribution in [2.24, 2.45) is 0 Å². The molecular formula is C18H22N2O3S. The van der Waals surface area contributed by atoms with Crippen LogP contribution in [0.2, 0.25) is 0 Å². The van der Waals surface area contributed by atoms with Crippen LogP contribution in [0, 0.1) is 13.8 Å². The van der Waals surface area contributed by atoms with E-state index in [9.17, 15) is 9.59 Å². The van der Waals surface area contributed by atoms with Crippen LogP contribution in [0.5, 0.6) is 0 Å². The van der Waals surface area contributed by atoms with Gasteiger partial charge in [-0.15, -0.1) is 11.3 Å². The fourth-order valence-corrected chi connectivity index (χ4v) is 2.98. The molecule has 0 atom stereocenters. The van der Waals surface area contributed by atoms with Crippen LogP contribution in [0.15, 0.2) is 24.3 Å². The predicted molar refractivity (Wildman–Crippen MR) is 95.6 cm³/mol. The predicted octanol–water partition coefficient (Wildman–Crippen LogP) is 3.85. The van der Waals surface area contributed by atoms with Crippen molar-refractivity contribution >= 4 is 28.9 Å². The number of thiazole rings is 1. The first kappa shape index (κ1) is 18.1. The summed E-state index contributed by atoms with van der Waals surface area (Å²) in [5.41, 5.74) is 2.54. The molecule has 0 fully saturated rings. The lowest BCUT2D eigenvalue weighted by molar-refractivity contribution is -0.119. The highest BCUT2D eigenvalue weighted by molar-refractivity contribution is 7.13. The minimum atomic E-state index is -0.517. The van der Waals surface area contributed by atoms with Gasteiger partial charge in [0.05, 0.1) is 10.7 Å². The molecule has 1 amide bonds. The van der Waals surface area contributed by atoms with Crippen molar-refractivity contribution in [2.45, 2.75) is 40.0 Å². The molecule has 24 heavy (non-hydrogen) atoms. The average molecular weight is 346 g/mol. The van der Waals surface area contributed by atoms with E-state index in [4.69, 9.17) is 4.74 Å². The number of nitrogens with one attached hydrogen (secondary N) is 1. The summed E-state index contributed by atoms with van der Waals surface area (Å²) in [6, 6.07) is 7.64. The van der Waals surface area contributed by atoms with Gasteiger partial charge < -0.3 is 10.1 Å². The van der Waals surface area contributed by atoms with Crippen molar-refractivity contribution in [1.29, 1.82) is 0 Å². The van der Waals surface area contributed by atoms with Crippen molar-refractivity contribution in [3.05, 3.63) is 45.4 Å². The van der Waals surface area contributed by atoms with Gasteiger partial charge in [-0.2, -0.15) is 0 Å². The molecule has 0 radical (unpaired) electrons. The molecule has 6 heteroatoms. The maximum atomic E-state index is 12.0. The monoisotopic (exact) mass is 346 g/mol. The molecule has 2 aromatic rings. The molecular weight excluding hydrogens is 324 g/mol. The lowest BCUT2D eigenvalue weighted by Crippen LogP contribution is -2.21. The van der Waals surface area contributed by atoms with Gasteiger partial charge in [-0.05, 0) is 37.0 Å². The summed E-state index contributed by atoms with van der Waals surface area (Å²) >= 11 is 1.26. The molecule has 1 aromatic carbocycles. The van der Waals surface area contributed by atoms with E-state index in [1.807, 2.05) is 31.2 Å². The van der Waals surface area contributed by atoms with Gasteiger partial charge in [0.2, 0.25) is 0 Å². The van der Waals surface area contributed by atoms with E-state index < -0.39 is 5.97 Å². The quantitative estimate of drug-likeness (QED) is 0.854. The molecule has 1 heterocycles. The van der Waals surface area contributed by atoms with Crippen LogP contribution in [0.1, 0.15) is 46.7 Å². The standard InChI is InChI=1S/C18H22N2O3S/c1-11-16(24-12(2)19-11)17(22)23-10-15(21)20-14-8-6-13(7-9-14)18(3,4)5/h6-9H,10H2,1-5H3,(H,20,21). The van der Waals surface area contributed by atoms with Crippen LogP contribution in [0.4, 0.5) is 5.69 Å². The zero-order valence-electron chi connectivity index (χ0n) is 14.6. The Morgan fingerprint density at radius 2 is 1.79 bits per heavy atom. The molecule has 0 bridgehead atoms. The van der Waals surface area contributed by atoms with Gasteiger partial charge in [0.25, 0.3) is 5.91 Å². The molecule has 0 aliphatic carbocycles. The number of rotatable bonds is 4. The fraction of sp³-hybridized carbons (Fsp3) is 0.389. The van der Waals surface area contributed by atoms with E-state index in [0.717, 1.165) is 5.01 Å². The Labute approximate surface area is 146 Å². The number of aromatic nitrogens is 1. The van der Waals surface area contributed by atoms with Gasteiger partial charge in [0.1, 0.15) is 4.88 Å². The van der Waals surface area contributed by atoms with Gasteiger partial charge in [-0.1, -0.05) is 32.9 Å². The number of hydrogen-bond acceptors (Lipinski definition) is 5. The Hall–Kier alpha value is -2.21. The third-order valence-electron chi connectivity index (χ3n) is 3.46. The van der Waals surface area contributed by atoms with E-state index >= 15 is 0 Å². The maximum Gasteiger partial charge on any atom is 0.350 e. The first-order valence-electron chi connectivity index (χ1n) is 7.68. The second-order valence-electron chi connectivity index (χ2n) is 6.60. The maximum absolute atomic E-state index is 12.0. The number of hydrogen-bond donors (Lipinski definition) is 1. The highest BCUT2D eigenvalue weighted by Gasteiger charge is 2.17. The molecule has 1 aromatic heterocycles. The molecule has 0 unspecified atom stereocenters. The van der Waals surface area contributed by atoms with Crippen LogP contribution in [-0.2, 0) is 14.9 Å². The molecule has 5 nitrogen and oxygen atoms in total. The molecule has 1 N–H and O–H groups in total. The number of carbonyl (C=O) groups is 2. The van der Waals surface area contributed by atoms with Crippen LogP contribution in [0.25, 0.3) is 0 Å². The Morgan fingerprint density at radius 3 is 2.29 bits per heavy atom. The van der Waals surface area contributed by atoms with Crippen molar-refractivity contribution in [2.75, 3.05) is 11.9 Å². The van der Waals surface area contributed by atoms with Crippen molar-refractivity contribution in [3.63, 3.8) is 0 Å². The zero-order chi connectivity index (χ0) is 17.9. The summed E-state index contributed by atoms with van der Waals surface area (Å²) in [7, 11) is 0. The number of ether oxygens (including phenoxy) is 1. The SMILES string of the molecule is Cc1nc(C)c(C(=O)OCC(=O)Nc2ccc(C(C)(C)C)cc2)s1. The topological polar surface area (TPSA) is 68.3 Å². The first-order valence-corrected chi connectivity index (χ1v) is 8.50. The molecule has 0 spiro atoms. The number of esters is 1. The highest BCUT2D eigenvalue weighted by Crippen LogP contribution is 2.23. The lowest BCUT2D eigenvalue weighted by atomic mass is 9.87. The van der Waals surface area contributed by atoms with Crippen molar-refractivity contribution in [3.8, 4) is 0 Å². The van der Waals surface area contributed by atoms with E-state index in [1.54, 1.807) is 6.92 Å². The second kappa shape index (κ2) is 7.13. The fourth-order valence-electron chi connectivity index (χ4n) is 2.17. The summed E-state index contributed by atoms with van der Waals surface area (Å²) < 4.78 is 5.05. The molecule has 128 valence electrons. The van der Waals surface area contributed by atoms with Gasteiger partial charge in [0, 0.05) is 5.69 Å². The van der Waals surface area contributed by atoms with Gasteiger partial charge >= 0.3 is 5.97 Å². The van der Waals surface area contributed by atoms with Gasteiger partial charge in [-0.3, -0.25) is 4.79 Å². The average Bonchev–Trinajstić information content (AvgIpc) is 2.83. The third-order valence-corrected chi connectivity index (χ3v) is 4.51. The lowest BCUT2D eigenvalue weighted by Gasteiger charge is -2.19. The number of carbonyl (C=O) groups excluding carboxylic acids is 2. The Morgan fingerprint density at radius 1 is 1.17 bits per heavy atom. The summed E-state index contributed by atoms with van der Waals surface area (Å²) in [5, 5.41) is 3.51. The summed E-state index contributed by atoms with van der Waals surface area (Å²) in [6.07, 6.45) is 0. The largest absolute Gasteiger partial charge is 0.451 e. The molecule has 2 rings (SSSR count). The molecule has 0 aliphatic rings. The van der Waals surface area contributed by atoms with E-state index in [-0.39, 0.29) is 17.9 Å². The smallest absolute Gasteiger partial charge is 0.350 e. The van der Waals surface area contributed by atoms with Crippen molar-refractivity contribution in [1.82, 2.24) is 4.98 Å². The minimum Gasteiger partial charge on any atom is -0.451 e. The Kier molecular flexibility index (Phi) is 5.39.